The highest BCUT2D eigenvalue weighted by Crippen LogP contribution is 2.24. The first-order valence-corrected chi connectivity index (χ1v) is 8.97. The van der Waals surface area contributed by atoms with Gasteiger partial charge in [0.2, 0.25) is 0 Å². The predicted molar refractivity (Wildman–Crippen MR) is 88.1 cm³/mol. The summed E-state index contributed by atoms with van der Waals surface area (Å²) in [5.41, 5.74) is 1.72. The van der Waals surface area contributed by atoms with Crippen LogP contribution in [0, 0.1) is 6.92 Å². The van der Waals surface area contributed by atoms with Crippen molar-refractivity contribution in [2.24, 2.45) is 0 Å². The van der Waals surface area contributed by atoms with E-state index in [1.807, 2.05) is 16.5 Å². The van der Waals surface area contributed by atoms with E-state index in [2.05, 4.69) is 10.00 Å². The Labute approximate surface area is 142 Å². The van der Waals surface area contributed by atoms with Gasteiger partial charge in [-0.1, -0.05) is 0 Å². The van der Waals surface area contributed by atoms with Crippen molar-refractivity contribution in [2.45, 2.75) is 31.8 Å². The summed E-state index contributed by atoms with van der Waals surface area (Å²) in [6.07, 6.45) is 3.68. The first kappa shape index (κ1) is 16.1. The van der Waals surface area contributed by atoms with Crippen molar-refractivity contribution in [3.8, 4) is 0 Å². The molecule has 7 heteroatoms. The second-order valence-corrected chi connectivity index (χ2v) is 6.95. The normalized spacial score (nSPS) is 26.4. The fourth-order valence-electron chi connectivity index (χ4n) is 4.03. The fraction of sp³-hybridized carbons (Fsp3) is 0.765. The van der Waals surface area contributed by atoms with Gasteiger partial charge in [-0.05, 0) is 19.8 Å². The molecule has 0 radical (unpaired) electrons. The monoisotopic (exact) mass is 334 g/mol. The van der Waals surface area contributed by atoms with Crippen LogP contribution in [-0.4, -0.2) is 84.1 Å². The third kappa shape index (κ3) is 2.96. The molecule has 7 nitrogen and oxygen atoms in total. The molecular weight excluding hydrogens is 308 g/mol. The van der Waals surface area contributed by atoms with E-state index in [-0.39, 0.29) is 5.91 Å². The highest BCUT2D eigenvalue weighted by Gasteiger charge is 2.33. The van der Waals surface area contributed by atoms with Crippen LogP contribution in [0.1, 0.15) is 34.9 Å². The molecule has 3 saturated heterocycles. The van der Waals surface area contributed by atoms with Gasteiger partial charge in [0.25, 0.3) is 5.91 Å². The number of aromatic nitrogens is 2. The second-order valence-electron chi connectivity index (χ2n) is 6.95. The van der Waals surface area contributed by atoms with Crippen LogP contribution in [0.4, 0.5) is 0 Å². The predicted octanol–water partition coefficient (Wildman–Crippen LogP) is 0.700. The van der Waals surface area contributed by atoms with Gasteiger partial charge in [0.1, 0.15) is 0 Å². The maximum Gasteiger partial charge on any atom is 0.257 e. The van der Waals surface area contributed by atoms with Crippen LogP contribution in [0.25, 0.3) is 0 Å². The highest BCUT2D eigenvalue weighted by atomic mass is 16.5. The molecule has 0 spiro atoms. The SMILES string of the molecule is Cc1c(C(=O)N2CCN3CCOCC3C2)cnn1C1CCOCC1. The summed E-state index contributed by atoms with van der Waals surface area (Å²) in [6, 6.07) is 0.686. The summed E-state index contributed by atoms with van der Waals surface area (Å²) in [5, 5.41) is 4.52. The van der Waals surface area contributed by atoms with Crippen LogP contribution in [0.2, 0.25) is 0 Å². The molecule has 24 heavy (non-hydrogen) atoms. The van der Waals surface area contributed by atoms with Crippen LogP contribution in [0.3, 0.4) is 0 Å². The minimum atomic E-state index is 0.107. The number of amides is 1. The van der Waals surface area contributed by atoms with Gasteiger partial charge in [0.05, 0.1) is 37.1 Å². The molecule has 0 aromatic carbocycles. The zero-order chi connectivity index (χ0) is 16.5. The van der Waals surface area contributed by atoms with Crippen molar-refractivity contribution >= 4 is 5.91 Å². The van der Waals surface area contributed by atoms with Gasteiger partial charge < -0.3 is 14.4 Å². The van der Waals surface area contributed by atoms with E-state index in [4.69, 9.17) is 9.47 Å². The van der Waals surface area contributed by atoms with Crippen molar-refractivity contribution in [1.29, 1.82) is 0 Å². The van der Waals surface area contributed by atoms with E-state index >= 15 is 0 Å². The summed E-state index contributed by atoms with van der Waals surface area (Å²) in [4.78, 5) is 17.4. The number of carbonyl (C=O) groups excluding carboxylic acids is 1. The summed E-state index contributed by atoms with van der Waals surface area (Å²) in [6.45, 7) is 8.55. The topological polar surface area (TPSA) is 59.8 Å². The lowest BCUT2D eigenvalue weighted by molar-refractivity contribution is -0.0395. The average molecular weight is 334 g/mol. The maximum atomic E-state index is 13.0. The number of morpholine rings is 1. The van der Waals surface area contributed by atoms with Gasteiger partial charge in [-0.25, -0.2) is 0 Å². The number of hydrogen-bond donors (Lipinski definition) is 0. The van der Waals surface area contributed by atoms with Crippen LogP contribution in [-0.2, 0) is 9.47 Å². The summed E-state index contributed by atoms with van der Waals surface area (Å²) >= 11 is 0. The molecule has 0 aliphatic carbocycles. The Hall–Kier alpha value is -1.44. The summed E-state index contributed by atoms with van der Waals surface area (Å²) < 4.78 is 13.0. The highest BCUT2D eigenvalue weighted by molar-refractivity contribution is 5.95. The zero-order valence-electron chi connectivity index (χ0n) is 14.3. The van der Waals surface area contributed by atoms with Crippen LogP contribution in [0.5, 0.6) is 0 Å². The molecule has 1 aromatic heterocycles. The second kappa shape index (κ2) is 6.82. The Morgan fingerprint density at radius 3 is 2.79 bits per heavy atom. The number of rotatable bonds is 2. The van der Waals surface area contributed by atoms with E-state index in [1.165, 1.54) is 0 Å². The molecule has 1 aromatic rings. The molecule has 3 aliphatic rings. The third-order valence-electron chi connectivity index (χ3n) is 5.54. The smallest absolute Gasteiger partial charge is 0.257 e. The third-order valence-corrected chi connectivity index (χ3v) is 5.54. The molecule has 3 fully saturated rings. The Bertz CT molecular complexity index is 597. The number of fused-ring (bicyclic) bond motifs is 1. The van der Waals surface area contributed by atoms with E-state index in [9.17, 15) is 4.79 Å². The van der Waals surface area contributed by atoms with Crippen molar-refractivity contribution in [3.63, 3.8) is 0 Å². The first-order valence-electron chi connectivity index (χ1n) is 8.97. The number of nitrogens with zero attached hydrogens (tertiary/aromatic N) is 4. The molecule has 0 saturated carbocycles. The van der Waals surface area contributed by atoms with Gasteiger partial charge in [-0.3, -0.25) is 14.4 Å². The molecule has 132 valence electrons. The largest absolute Gasteiger partial charge is 0.381 e. The minimum absolute atomic E-state index is 0.107. The Kier molecular flexibility index (Phi) is 4.56. The minimum Gasteiger partial charge on any atom is -0.381 e. The molecule has 3 aliphatic heterocycles. The van der Waals surface area contributed by atoms with Crippen LogP contribution < -0.4 is 0 Å². The van der Waals surface area contributed by atoms with E-state index in [1.54, 1.807) is 6.20 Å². The van der Waals surface area contributed by atoms with Gasteiger partial charge in [0.15, 0.2) is 0 Å². The Morgan fingerprint density at radius 1 is 1.12 bits per heavy atom. The van der Waals surface area contributed by atoms with Gasteiger partial charge in [0, 0.05) is 45.1 Å². The molecule has 1 atom stereocenters. The Morgan fingerprint density at radius 2 is 1.96 bits per heavy atom. The van der Waals surface area contributed by atoms with Gasteiger partial charge in [-0.15, -0.1) is 0 Å². The van der Waals surface area contributed by atoms with Crippen molar-refractivity contribution < 1.29 is 14.3 Å². The number of carbonyl (C=O) groups is 1. The van der Waals surface area contributed by atoms with Gasteiger partial charge >= 0.3 is 0 Å². The number of hydrogen-bond acceptors (Lipinski definition) is 5. The lowest BCUT2D eigenvalue weighted by Crippen LogP contribution is -2.59. The van der Waals surface area contributed by atoms with Gasteiger partial charge in [-0.2, -0.15) is 5.10 Å². The molecule has 1 amide bonds. The van der Waals surface area contributed by atoms with Crippen LogP contribution >= 0.6 is 0 Å². The molecule has 1 unspecified atom stereocenters. The standard InChI is InChI=1S/C17H26N4O3/c1-13-16(10-18-21(13)14-2-7-23-8-3-14)17(22)20-5-4-19-6-9-24-12-15(19)11-20/h10,14-15H,2-9,11-12H2,1H3. The first-order chi connectivity index (χ1) is 11.7. The number of piperazine rings is 1. The summed E-state index contributed by atoms with van der Waals surface area (Å²) in [7, 11) is 0. The van der Waals surface area contributed by atoms with Crippen LogP contribution in [0.15, 0.2) is 6.20 Å². The molecule has 4 rings (SSSR count). The fourth-order valence-corrected chi connectivity index (χ4v) is 4.03. The van der Waals surface area contributed by atoms with Crippen molar-refractivity contribution in [2.75, 3.05) is 52.6 Å². The van der Waals surface area contributed by atoms with E-state index < -0.39 is 0 Å². The lowest BCUT2D eigenvalue weighted by atomic mass is 10.1. The molecule has 0 N–H and O–H groups in total. The lowest BCUT2D eigenvalue weighted by Gasteiger charge is -2.43. The molecule has 4 heterocycles. The summed E-state index contributed by atoms with van der Waals surface area (Å²) in [5.74, 6) is 0.107. The Balaban J connectivity index is 1.47. The quantitative estimate of drug-likeness (QED) is 0.797. The zero-order valence-corrected chi connectivity index (χ0v) is 14.3. The average Bonchev–Trinajstić information content (AvgIpc) is 3.03. The van der Waals surface area contributed by atoms with Crippen molar-refractivity contribution in [1.82, 2.24) is 19.6 Å². The van der Waals surface area contributed by atoms with E-state index in [0.717, 1.165) is 76.7 Å². The maximum absolute atomic E-state index is 13.0. The number of ether oxygens (including phenoxy) is 2. The van der Waals surface area contributed by atoms with E-state index in [0.29, 0.717) is 12.1 Å². The molecule has 0 bridgehead atoms. The molecular formula is C17H26N4O3. The van der Waals surface area contributed by atoms with Crippen molar-refractivity contribution in [3.05, 3.63) is 17.5 Å².